The lowest BCUT2D eigenvalue weighted by Gasteiger charge is -2.28. The largest absolute Gasteiger partial charge is 0.444 e. The number of nitrogens with one attached hydrogen (secondary N) is 4. The normalized spacial score (nSPS) is 17.5. The van der Waals surface area contributed by atoms with E-state index in [1.54, 1.807) is 24.3 Å². The maximum atomic E-state index is 12.5. The Balaban J connectivity index is 1.21. The van der Waals surface area contributed by atoms with E-state index in [0.717, 1.165) is 61.8 Å². The summed E-state index contributed by atoms with van der Waals surface area (Å²) < 4.78 is 33.1. The predicted molar refractivity (Wildman–Crippen MR) is 167 cm³/mol. The van der Waals surface area contributed by atoms with Crippen molar-refractivity contribution in [1.82, 2.24) is 20.0 Å². The summed E-state index contributed by atoms with van der Waals surface area (Å²) in [4.78, 5) is 21.6. The van der Waals surface area contributed by atoms with Gasteiger partial charge in [0.05, 0.1) is 10.4 Å². The first-order valence-electron chi connectivity index (χ1n) is 14.9. The maximum Gasteiger partial charge on any atom is 0.407 e. The molecule has 3 aromatic rings. The Labute approximate surface area is 249 Å². The lowest BCUT2D eigenvalue weighted by molar-refractivity contribution is 0.0527. The summed E-state index contributed by atoms with van der Waals surface area (Å²) in [7, 11) is -3.47. The topological polar surface area (TPSA) is 134 Å². The minimum atomic E-state index is -3.47. The van der Waals surface area contributed by atoms with Gasteiger partial charge in [0.1, 0.15) is 11.4 Å². The third-order valence-corrected chi connectivity index (χ3v) is 8.74. The molecular formula is C31H44N6O4S. The smallest absolute Gasteiger partial charge is 0.407 e. The molecule has 4 N–H and O–H groups in total. The van der Waals surface area contributed by atoms with Gasteiger partial charge in [-0.15, -0.1) is 0 Å². The van der Waals surface area contributed by atoms with Crippen molar-refractivity contribution in [2.45, 2.75) is 69.8 Å². The summed E-state index contributed by atoms with van der Waals surface area (Å²) >= 11 is 0. The van der Waals surface area contributed by atoms with Crippen molar-refractivity contribution in [3.8, 4) is 0 Å². The van der Waals surface area contributed by atoms with Crippen molar-refractivity contribution < 1.29 is 17.9 Å². The van der Waals surface area contributed by atoms with Crippen LogP contribution in [0, 0.1) is 11.8 Å². The van der Waals surface area contributed by atoms with Crippen LogP contribution in [-0.2, 0) is 14.8 Å². The molecule has 0 aliphatic heterocycles. The number of fused-ring (bicyclic) bond motifs is 1. The molecule has 1 saturated carbocycles. The van der Waals surface area contributed by atoms with E-state index in [9.17, 15) is 13.2 Å². The second-order valence-corrected chi connectivity index (χ2v) is 13.7. The van der Waals surface area contributed by atoms with Crippen molar-refractivity contribution in [3.05, 3.63) is 54.6 Å². The summed E-state index contributed by atoms with van der Waals surface area (Å²) in [5.41, 5.74) is 0.370. The molecule has 1 fully saturated rings. The minimum Gasteiger partial charge on any atom is -0.444 e. The number of unbranched alkanes of at least 4 members (excludes halogenated alkanes) is 1. The van der Waals surface area contributed by atoms with Gasteiger partial charge >= 0.3 is 6.09 Å². The molecule has 1 heterocycles. The molecule has 0 unspecified atom stereocenters. The number of alkyl carbamates (subject to hydrolysis) is 1. The Morgan fingerprint density at radius 1 is 0.857 bits per heavy atom. The number of amides is 1. The summed E-state index contributed by atoms with van der Waals surface area (Å²) in [6, 6.07) is 16.5. The van der Waals surface area contributed by atoms with Crippen LogP contribution in [0.2, 0.25) is 0 Å². The number of ether oxygens (including phenoxy) is 1. The lowest BCUT2D eigenvalue weighted by Crippen LogP contribution is -2.33. The number of aromatic nitrogens is 2. The molecule has 11 heteroatoms. The molecule has 0 bridgehead atoms. The number of benzene rings is 2. The minimum absolute atomic E-state index is 0.308. The highest BCUT2D eigenvalue weighted by molar-refractivity contribution is 7.89. The van der Waals surface area contributed by atoms with Crippen LogP contribution in [0.1, 0.15) is 59.3 Å². The third kappa shape index (κ3) is 9.84. The Morgan fingerprint density at radius 3 is 2.21 bits per heavy atom. The molecule has 1 aliphatic carbocycles. The highest BCUT2D eigenvalue weighted by Crippen LogP contribution is 2.29. The van der Waals surface area contributed by atoms with E-state index < -0.39 is 21.7 Å². The summed E-state index contributed by atoms with van der Waals surface area (Å²) in [5, 5.41) is 10.6. The molecule has 42 heavy (non-hydrogen) atoms. The average molecular weight is 597 g/mol. The van der Waals surface area contributed by atoms with Crippen molar-refractivity contribution >= 4 is 38.8 Å². The molecule has 1 amide bonds. The highest BCUT2D eigenvalue weighted by Gasteiger charge is 2.23. The van der Waals surface area contributed by atoms with Crippen molar-refractivity contribution in [1.29, 1.82) is 0 Å². The molecule has 1 aromatic heterocycles. The van der Waals surface area contributed by atoms with Gasteiger partial charge in [0, 0.05) is 31.6 Å². The van der Waals surface area contributed by atoms with Gasteiger partial charge in [-0.3, -0.25) is 0 Å². The van der Waals surface area contributed by atoms with E-state index in [2.05, 4.69) is 20.7 Å². The zero-order valence-electron chi connectivity index (χ0n) is 24.9. The summed E-state index contributed by atoms with van der Waals surface area (Å²) in [6.45, 7) is 8.05. The fraction of sp³-hybridized carbons (Fsp3) is 0.516. The molecule has 4 rings (SSSR count). The van der Waals surface area contributed by atoms with Crippen molar-refractivity contribution in [2.24, 2.45) is 11.8 Å². The molecule has 228 valence electrons. The van der Waals surface area contributed by atoms with Crippen LogP contribution in [-0.4, -0.2) is 56.3 Å². The molecular weight excluding hydrogens is 552 g/mol. The molecule has 0 spiro atoms. The standard InChI is InChI=1S/C31H44N6O4S/c1-31(2,3)41-30(38)33-20-10-9-19-32-28-26-13-7-8-14-27(26)36-29(37-28)34-21-23-15-17-24(18-16-23)22-35-42(39,40)25-11-5-4-6-12-25/h4-8,11-14,23-24,35H,9-10,15-22H2,1-3H3,(H,33,38)(H2,32,34,36,37). The number of rotatable bonds is 13. The number of para-hydroxylation sites is 1. The van der Waals surface area contributed by atoms with Gasteiger partial charge in [-0.25, -0.2) is 22.9 Å². The monoisotopic (exact) mass is 596 g/mol. The van der Waals surface area contributed by atoms with E-state index >= 15 is 0 Å². The quantitative estimate of drug-likeness (QED) is 0.189. The van der Waals surface area contributed by atoms with E-state index in [-0.39, 0.29) is 0 Å². The van der Waals surface area contributed by atoms with Gasteiger partial charge in [0.2, 0.25) is 16.0 Å². The summed E-state index contributed by atoms with van der Waals surface area (Å²) in [5.74, 6) is 2.21. The molecule has 2 aromatic carbocycles. The second-order valence-electron chi connectivity index (χ2n) is 11.9. The molecule has 1 aliphatic rings. The van der Waals surface area contributed by atoms with E-state index in [1.165, 1.54) is 0 Å². The molecule has 10 nitrogen and oxygen atoms in total. The van der Waals surface area contributed by atoms with Gasteiger partial charge in [0.25, 0.3) is 0 Å². The number of sulfonamides is 1. The van der Waals surface area contributed by atoms with Crippen LogP contribution >= 0.6 is 0 Å². The van der Waals surface area contributed by atoms with Gasteiger partial charge in [-0.2, -0.15) is 4.98 Å². The number of nitrogens with zero attached hydrogens (tertiary/aromatic N) is 2. The fourth-order valence-electron chi connectivity index (χ4n) is 5.04. The van der Waals surface area contributed by atoms with Gasteiger partial charge in [0.15, 0.2) is 0 Å². The average Bonchev–Trinajstić information content (AvgIpc) is 2.97. The molecule has 0 saturated heterocycles. The number of anilines is 2. The van der Waals surface area contributed by atoms with Crippen LogP contribution in [0.3, 0.4) is 0 Å². The second kappa shape index (κ2) is 14.6. The zero-order chi connectivity index (χ0) is 30.0. The van der Waals surface area contributed by atoms with Gasteiger partial charge < -0.3 is 20.7 Å². The molecule has 0 radical (unpaired) electrons. The first-order chi connectivity index (χ1) is 20.1. The zero-order valence-corrected chi connectivity index (χ0v) is 25.7. The SMILES string of the molecule is CC(C)(C)OC(=O)NCCCCNc1nc(NCC2CCC(CNS(=O)(=O)c3ccccc3)CC2)nc2ccccc12. The summed E-state index contributed by atoms with van der Waals surface area (Å²) in [6.07, 6.45) is 5.31. The van der Waals surface area contributed by atoms with Crippen LogP contribution in [0.4, 0.5) is 16.6 Å². The van der Waals surface area contributed by atoms with E-state index in [0.29, 0.717) is 42.3 Å². The first kappa shape index (κ1) is 31.5. The third-order valence-electron chi connectivity index (χ3n) is 7.30. The Bertz CT molecular complexity index is 1400. The van der Waals surface area contributed by atoms with Crippen molar-refractivity contribution in [3.63, 3.8) is 0 Å². The fourth-order valence-corrected chi connectivity index (χ4v) is 6.17. The first-order valence-corrected chi connectivity index (χ1v) is 16.3. The highest BCUT2D eigenvalue weighted by atomic mass is 32.2. The maximum absolute atomic E-state index is 12.5. The van der Waals surface area contributed by atoms with Crippen molar-refractivity contribution in [2.75, 3.05) is 36.8 Å². The Hall–Kier alpha value is -3.44. The van der Waals surface area contributed by atoms with Crippen LogP contribution in [0.25, 0.3) is 10.9 Å². The Kier molecular flexibility index (Phi) is 11.0. The number of hydrogen-bond acceptors (Lipinski definition) is 8. The number of carbonyl (C=O) groups excluding carboxylic acids is 1. The van der Waals surface area contributed by atoms with Crippen LogP contribution in [0.15, 0.2) is 59.5 Å². The van der Waals surface area contributed by atoms with Crippen LogP contribution in [0.5, 0.6) is 0 Å². The van der Waals surface area contributed by atoms with Gasteiger partial charge in [-0.1, -0.05) is 30.3 Å². The van der Waals surface area contributed by atoms with E-state index in [1.807, 2.05) is 51.1 Å². The van der Waals surface area contributed by atoms with Gasteiger partial charge in [-0.05, 0) is 95.4 Å². The number of hydrogen-bond donors (Lipinski definition) is 4. The Morgan fingerprint density at radius 2 is 1.50 bits per heavy atom. The molecule has 0 atom stereocenters. The van der Waals surface area contributed by atoms with Crippen LogP contribution < -0.4 is 20.7 Å². The van der Waals surface area contributed by atoms with E-state index in [4.69, 9.17) is 14.7 Å². The number of carbonyl (C=O) groups is 1. The predicted octanol–water partition coefficient (Wildman–Crippen LogP) is 5.54. The lowest BCUT2D eigenvalue weighted by atomic mass is 9.82.